The number of furan rings is 1. The van der Waals surface area contributed by atoms with Gasteiger partial charge >= 0.3 is 0 Å². The SMILES string of the molecule is CCC(C)(C)C(=O)c1ccc(Br)o1. The molecule has 0 aliphatic rings. The molecule has 0 radical (unpaired) electrons. The van der Waals surface area contributed by atoms with Crippen molar-refractivity contribution in [2.45, 2.75) is 27.2 Å². The van der Waals surface area contributed by atoms with E-state index in [0.29, 0.717) is 10.4 Å². The Bertz CT molecular complexity index is 312. The number of ketones is 1. The Balaban J connectivity index is 2.91. The molecule has 3 heteroatoms. The predicted octanol–water partition coefficient (Wildman–Crippen LogP) is 3.66. The van der Waals surface area contributed by atoms with Crippen molar-refractivity contribution in [3.05, 3.63) is 22.6 Å². The molecule has 72 valence electrons. The van der Waals surface area contributed by atoms with Crippen LogP contribution in [-0.2, 0) is 0 Å². The van der Waals surface area contributed by atoms with Gasteiger partial charge in [-0.05, 0) is 34.5 Å². The second-order valence-electron chi connectivity index (χ2n) is 3.67. The number of Topliss-reactive ketones (excluding diaryl/α,β-unsaturated/α-hetero) is 1. The summed E-state index contributed by atoms with van der Waals surface area (Å²) in [6.45, 7) is 5.84. The Labute approximate surface area is 86.4 Å². The van der Waals surface area contributed by atoms with Crippen LogP contribution >= 0.6 is 15.9 Å². The molecule has 0 unspecified atom stereocenters. The third-order valence-electron chi connectivity index (χ3n) is 2.30. The minimum atomic E-state index is -0.336. The van der Waals surface area contributed by atoms with Gasteiger partial charge in [0.05, 0.1) is 0 Å². The van der Waals surface area contributed by atoms with Crippen LogP contribution in [0, 0.1) is 5.41 Å². The number of carbonyl (C=O) groups excluding carboxylic acids is 1. The third kappa shape index (κ3) is 2.21. The molecule has 1 aromatic heterocycles. The molecule has 13 heavy (non-hydrogen) atoms. The lowest BCUT2D eigenvalue weighted by Gasteiger charge is -2.18. The molecule has 0 bridgehead atoms. The highest BCUT2D eigenvalue weighted by Crippen LogP contribution is 2.27. The lowest BCUT2D eigenvalue weighted by Crippen LogP contribution is -2.22. The molecule has 1 heterocycles. The average molecular weight is 245 g/mol. The van der Waals surface area contributed by atoms with Gasteiger partial charge in [-0.25, -0.2) is 0 Å². The van der Waals surface area contributed by atoms with Crippen molar-refractivity contribution in [2.75, 3.05) is 0 Å². The van der Waals surface area contributed by atoms with Crippen molar-refractivity contribution in [1.82, 2.24) is 0 Å². The highest BCUT2D eigenvalue weighted by Gasteiger charge is 2.28. The van der Waals surface area contributed by atoms with Gasteiger partial charge in [-0.15, -0.1) is 0 Å². The minimum Gasteiger partial charge on any atom is -0.446 e. The molecule has 0 aliphatic heterocycles. The Morgan fingerprint density at radius 1 is 1.54 bits per heavy atom. The summed E-state index contributed by atoms with van der Waals surface area (Å²) in [6.07, 6.45) is 0.810. The predicted molar refractivity (Wildman–Crippen MR) is 54.8 cm³/mol. The molecule has 0 spiro atoms. The van der Waals surface area contributed by atoms with Crippen molar-refractivity contribution in [3.8, 4) is 0 Å². The summed E-state index contributed by atoms with van der Waals surface area (Å²) in [6, 6.07) is 3.43. The van der Waals surface area contributed by atoms with E-state index in [1.807, 2.05) is 20.8 Å². The fourth-order valence-corrected chi connectivity index (χ4v) is 1.24. The standard InChI is InChI=1S/C10H13BrO2/c1-4-10(2,3)9(12)7-5-6-8(11)13-7/h5-6H,4H2,1-3H3. The third-order valence-corrected chi connectivity index (χ3v) is 2.72. The van der Waals surface area contributed by atoms with Crippen LogP contribution in [-0.4, -0.2) is 5.78 Å². The van der Waals surface area contributed by atoms with Crippen molar-refractivity contribution < 1.29 is 9.21 Å². The summed E-state index contributed by atoms with van der Waals surface area (Å²) >= 11 is 3.17. The van der Waals surface area contributed by atoms with Crippen molar-refractivity contribution in [2.24, 2.45) is 5.41 Å². The molecular formula is C10H13BrO2. The second kappa shape index (κ2) is 3.66. The topological polar surface area (TPSA) is 30.2 Å². The highest BCUT2D eigenvalue weighted by atomic mass is 79.9. The second-order valence-corrected chi connectivity index (χ2v) is 4.45. The van der Waals surface area contributed by atoms with Crippen LogP contribution in [0.25, 0.3) is 0 Å². The lowest BCUT2D eigenvalue weighted by molar-refractivity contribution is 0.0801. The van der Waals surface area contributed by atoms with Gasteiger partial charge in [-0.3, -0.25) is 4.79 Å². The van der Waals surface area contributed by atoms with E-state index in [9.17, 15) is 4.79 Å². The number of rotatable bonds is 3. The zero-order valence-corrected chi connectivity index (χ0v) is 9.64. The number of halogens is 1. The zero-order valence-electron chi connectivity index (χ0n) is 8.06. The van der Waals surface area contributed by atoms with E-state index in [0.717, 1.165) is 6.42 Å². The summed E-state index contributed by atoms with van der Waals surface area (Å²) in [5.74, 6) is 0.486. The fourth-order valence-electron chi connectivity index (χ4n) is 0.930. The first kappa shape index (κ1) is 10.5. The molecular weight excluding hydrogens is 232 g/mol. The van der Waals surface area contributed by atoms with Gasteiger partial charge in [0.1, 0.15) is 0 Å². The fraction of sp³-hybridized carbons (Fsp3) is 0.500. The first-order valence-electron chi connectivity index (χ1n) is 4.27. The average Bonchev–Trinajstić information content (AvgIpc) is 2.50. The molecule has 0 aliphatic carbocycles. The summed E-state index contributed by atoms with van der Waals surface area (Å²) in [5.41, 5.74) is -0.336. The van der Waals surface area contributed by atoms with Gasteiger partial charge in [0.25, 0.3) is 0 Å². The highest BCUT2D eigenvalue weighted by molar-refractivity contribution is 9.10. The first-order chi connectivity index (χ1) is 5.97. The van der Waals surface area contributed by atoms with E-state index >= 15 is 0 Å². The molecule has 0 saturated carbocycles. The number of carbonyl (C=O) groups is 1. The van der Waals surface area contributed by atoms with E-state index in [1.165, 1.54) is 0 Å². The first-order valence-corrected chi connectivity index (χ1v) is 5.07. The van der Waals surface area contributed by atoms with E-state index < -0.39 is 0 Å². The van der Waals surface area contributed by atoms with Crippen molar-refractivity contribution in [1.29, 1.82) is 0 Å². The smallest absolute Gasteiger partial charge is 0.203 e. The molecule has 0 N–H and O–H groups in total. The van der Waals surface area contributed by atoms with E-state index in [2.05, 4.69) is 15.9 Å². The van der Waals surface area contributed by atoms with Gasteiger partial charge < -0.3 is 4.42 Å². The summed E-state index contributed by atoms with van der Waals surface area (Å²) in [5, 5.41) is 0. The van der Waals surface area contributed by atoms with Gasteiger partial charge in [0.15, 0.2) is 10.4 Å². The van der Waals surface area contributed by atoms with E-state index in [4.69, 9.17) is 4.42 Å². The summed E-state index contributed by atoms with van der Waals surface area (Å²) < 4.78 is 5.80. The molecule has 0 fully saturated rings. The molecule has 1 rings (SSSR count). The maximum atomic E-state index is 11.8. The molecule has 0 saturated heterocycles. The maximum absolute atomic E-state index is 11.8. The van der Waals surface area contributed by atoms with Crippen LogP contribution in [0.2, 0.25) is 0 Å². The zero-order chi connectivity index (χ0) is 10.1. The maximum Gasteiger partial charge on any atom is 0.203 e. The Morgan fingerprint density at radius 2 is 2.15 bits per heavy atom. The van der Waals surface area contributed by atoms with Crippen LogP contribution in [0.5, 0.6) is 0 Å². The van der Waals surface area contributed by atoms with Crippen LogP contribution in [0.1, 0.15) is 37.7 Å². The van der Waals surface area contributed by atoms with Gasteiger partial charge in [0.2, 0.25) is 5.78 Å². The van der Waals surface area contributed by atoms with E-state index in [1.54, 1.807) is 12.1 Å². The Morgan fingerprint density at radius 3 is 2.54 bits per heavy atom. The molecule has 0 aromatic carbocycles. The van der Waals surface area contributed by atoms with Gasteiger partial charge in [0, 0.05) is 5.41 Å². The Kier molecular flexibility index (Phi) is 2.96. The molecule has 0 amide bonds. The minimum absolute atomic E-state index is 0.0562. The lowest BCUT2D eigenvalue weighted by atomic mass is 9.84. The monoisotopic (exact) mass is 244 g/mol. The van der Waals surface area contributed by atoms with E-state index in [-0.39, 0.29) is 11.2 Å². The largest absolute Gasteiger partial charge is 0.446 e. The van der Waals surface area contributed by atoms with Crippen LogP contribution in [0.15, 0.2) is 21.2 Å². The summed E-state index contributed by atoms with van der Waals surface area (Å²) in [7, 11) is 0. The number of hydrogen-bond donors (Lipinski definition) is 0. The van der Waals surface area contributed by atoms with Crippen LogP contribution in [0.3, 0.4) is 0 Å². The summed E-state index contributed by atoms with van der Waals surface area (Å²) in [4.78, 5) is 11.8. The molecule has 1 aromatic rings. The molecule has 2 nitrogen and oxygen atoms in total. The van der Waals surface area contributed by atoms with Gasteiger partial charge in [-0.2, -0.15) is 0 Å². The normalized spacial score (nSPS) is 11.7. The van der Waals surface area contributed by atoms with Crippen molar-refractivity contribution in [3.63, 3.8) is 0 Å². The number of hydrogen-bond acceptors (Lipinski definition) is 2. The van der Waals surface area contributed by atoms with Gasteiger partial charge in [-0.1, -0.05) is 20.8 Å². The quantitative estimate of drug-likeness (QED) is 0.760. The Hall–Kier alpha value is -0.570. The van der Waals surface area contributed by atoms with Crippen LogP contribution < -0.4 is 0 Å². The van der Waals surface area contributed by atoms with Crippen molar-refractivity contribution >= 4 is 21.7 Å². The van der Waals surface area contributed by atoms with Crippen LogP contribution in [0.4, 0.5) is 0 Å². The molecule has 0 atom stereocenters.